The standard InChI is InChI=1S/C21H20N4O2/c1-14-22-19(24-17-9-7-16(8-10-17)21(26)27-2)13-20(23-14)25-12-11-15-5-3-4-6-18(15)25/h3-10,13H,11-12H2,1-2H3,(H,22,23,24). The van der Waals surface area contributed by atoms with E-state index in [0.29, 0.717) is 17.2 Å². The molecule has 4 rings (SSSR count). The molecule has 3 aromatic rings. The van der Waals surface area contributed by atoms with Gasteiger partial charge in [0.15, 0.2) is 0 Å². The number of hydrogen-bond acceptors (Lipinski definition) is 6. The Balaban J connectivity index is 1.59. The van der Waals surface area contributed by atoms with Crippen molar-refractivity contribution in [3.63, 3.8) is 0 Å². The lowest BCUT2D eigenvalue weighted by atomic mass is 10.2. The summed E-state index contributed by atoms with van der Waals surface area (Å²) in [6, 6.07) is 17.4. The second-order valence-corrected chi connectivity index (χ2v) is 6.38. The van der Waals surface area contributed by atoms with Crippen LogP contribution < -0.4 is 10.2 Å². The van der Waals surface area contributed by atoms with Gasteiger partial charge in [0.1, 0.15) is 17.5 Å². The Morgan fingerprint density at radius 3 is 2.67 bits per heavy atom. The van der Waals surface area contributed by atoms with Crippen LogP contribution >= 0.6 is 0 Å². The van der Waals surface area contributed by atoms with Gasteiger partial charge in [0.05, 0.1) is 12.7 Å². The number of esters is 1. The lowest BCUT2D eigenvalue weighted by Crippen LogP contribution is -2.16. The number of methoxy groups -OCH3 is 1. The van der Waals surface area contributed by atoms with Gasteiger partial charge in [0.2, 0.25) is 0 Å². The maximum absolute atomic E-state index is 11.6. The Labute approximate surface area is 157 Å². The van der Waals surface area contributed by atoms with Crippen LogP contribution in [0, 0.1) is 6.92 Å². The molecule has 0 saturated carbocycles. The fourth-order valence-electron chi connectivity index (χ4n) is 3.29. The summed E-state index contributed by atoms with van der Waals surface area (Å²) in [6.07, 6.45) is 1.01. The molecule has 0 bridgehead atoms. The highest BCUT2D eigenvalue weighted by atomic mass is 16.5. The minimum Gasteiger partial charge on any atom is -0.465 e. The Hall–Kier alpha value is -3.41. The highest BCUT2D eigenvalue weighted by molar-refractivity contribution is 5.89. The monoisotopic (exact) mass is 360 g/mol. The predicted molar refractivity (Wildman–Crippen MR) is 105 cm³/mol. The van der Waals surface area contributed by atoms with Gasteiger partial charge in [0, 0.05) is 24.0 Å². The van der Waals surface area contributed by atoms with E-state index in [4.69, 9.17) is 4.74 Å². The summed E-state index contributed by atoms with van der Waals surface area (Å²) in [7, 11) is 1.37. The van der Waals surface area contributed by atoms with Gasteiger partial charge in [-0.05, 0) is 49.2 Å². The molecule has 27 heavy (non-hydrogen) atoms. The molecule has 0 amide bonds. The normalized spacial score (nSPS) is 12.6. The van der Waals surface area contributed by atoms with E-state index in [1.54, 1.807) is 12.1 Å². The Kier molecular flexibility index (Phi) is 4.46. The zero-order valence-corrected chi connectivity index (χ0v) is 15.3. The largest absolute Gasteiger partial charge is 0.465 e. The van der Waals surface area contributed by atoms with Crippen molar-refractivity contribution in [3.8, 4) is 0 Å². The van der Waals surface area contributed by atoms with Gasteiger partial charge in [-0.25, -0.2) is 14.8 Å². The van der Waals surface area contributed by atoms with Crippen LogP contribution in [0.2, 0.25) is 0 Å². The smallest absolute Gasteiger partial charge is 0.337 e. The third-order valence-corrected chi connectivity index (χ3v) is 4.57. The van der Waals surface area contributed by atoms with Crippen molar-refractivity contribution in [3.05, 3.63) is 71.5 Å². The van der Waals surface area contributed by atoms with E-state index < -0.39 is 0 Å². The van der Waals surface area contributed by atoms with Gasteiger partial charge >= 0.3 is 5.97 Å². The molecule has 1 N–H and O–H groups in total. The average molecular weight is 360 g/mol. The van der Waals surface area contributed by atoms with E-state index in [9.17, 15) is 4.79 Å². The molecule has 0 radical (unpaired) electrons. The van der Waals surface area contributed by atoms with Crippen LogP contribution in [-0.4, -0.2) is 29.6 Å². The number of ether oxygens (including phenoxy) is 1. The second-order valence-electron chi connectivity index (χ2n) is 6.38. The molecule has 6 heteroatoms. The maximum Gasteiger partial charge on any atom is 0.337 e. The number of hydrogen-bond donors (Lipinski definition) is 1. The van der Waals surface area contributed by atoms with Crippen molar-refractivity contribution >= 4 is 29.0 Å². The van der Waals surface area contributed by atoms with Crippen LogP contribution in [0.25, 0.3) is 0 Å². The summed E-state index contributed by atoms with van der Waals surface area (Å²) in [6.45, 7) is 2.79. The number of fused-ring (bicyclic) bond motifs is 1. The Bertz CT molecular complexity index is 986. The number of anilines is 4. The summed E-state index contributed by atoms with van der Waals surface area (Å²) in [5, 5.41) is 3.29. The van der Waals surface area contributed by atoms with Crippen LogP contribution in [0.4, 0.5) is 23.0 Å². The fraction of sp³-hybridized carbons (Fsp3) is 0.190. The molecular weight excluding hydrogens is 340 g/mol. The molecule has 0 fully saturated rings. The predicted octanol–water partition coefficient (Wildman–Crippen LogP) is 4.01. The van der Waals surface area contributed by atoms with Gasteiger partial charge < -0.3 is 15.0 Å². The third kappa shape index (κ3) is 3.46. The molecule has 0 saturated heterocycles. The molecular formula is C21H20N4O2. The molecule has 1 aliphatic rings. The minimum absolute atomic E-state index is 0.352. The number of nitrogens with one attached hydrogen (secondary N) is 1. The first-order valence-electron chi connectivity index (χ1n) is 8.80. The van der Waals surface area contributed by atoms with Gasteiger partial charge in [-0.1, -0.05) is 18.2 Å². The van der Waals surface area contributed by atoms with Crippen molar-refractivity contribution in [2.45, 2.75) is 13.3 Å². The molecule has 1 aliphatic heterocycles. The summed E-state index contributed by atoms with van der Waals surface area (Å²) < 4.78 is 4.73. The van der Waals surface area contributed by atoms with E-state index in [0.717, 1.165) is 24.5 Å². The van der Waals surface area contributed by atoms with Crippen molar-refractivity contribution in [1.82, 2.24) is 9.97 Å². The Morgan fingerprint density at radius 2 is 1.89 bits per heavy atom. The van der Waals surface area contributed by atoms with E-state index in [2.05, 4.69) is 38.4 Å². The first-order chi connectivity index (χ1) is 13.1. The lowest BCUT2D eigenvalue weighted by molar-refractivity contribution is 0.0601. The molecule has 2 heterocycles. The Morgan fingerprint density at radius 1 is 1.11 bits per heavy atom. The molecule has 0 unspecified atom stereocenters. The van der Waals surface area contributed by atoms with Crippen LogP contribution in [0.3, 0.4) is 0 Å². The highest BCUT2D eigenvalue weighted by Gasteiger charge is 2.21. The maximum atomic E-state index is 11.6. The van der Waals surface area contributed by atoms with E-state index in [1.165, 1.54) is 18.4 Å². The zero-order chi connectivity index (χ0) is 18.8. The molecule has 0 atom stereocenters. The number of carbonyl (C=O) groups excluding carboxylic acids is 1. The number of carbonyl (C=O) groups is 1. The average Bonchev–Trinajstić information content (AvgIpc) is 3.12. The van der Waals surface area contributed by atoms with E-state index >= 15 is 0 Å². The highest BCUT2D eigenvalue weighted by Crippen LogP contribution is 2.34. The van der Waals surface area contributed by atoms with Gasteiger partial charge in [-0.3, -0.25) is 0 Å². The fourth-order valence-corrected chi connectivity index (χ4v) is 3.29. The number of rotatable bonds is 4. The van der Waals surface area contributed by atoms with Crippen LogP contribution in [0.15, 0.2) is 54.6 Å². The number of benzene rings is 2. The van der Waals surface area contributed by atoms with Crippen molar-refractivity contribution in [2.24, 2.45) is 0 Å². The summed E-state index contributed by atoms with van der Waals surface area (Å²) in [4.78, 5) is 22.9. The number of nitrogens with zero attached hydrogens (tertiary/aromatic N) is 3. The number of aryl methyl sites for hydroxylation is 1. The second kappa shape index (κ2) is 7.07. The summed E-state index contributed by atoms with van der Waals surface area (Å²) >= 11 is 0. The SMILES string of the molecule is COC(=O)c1ccc(Nc2cc(N3CCc4ccccc43)nc(C)n2)cc1. The van der Waals surface area contributed by atoms with Crippen molar-refractivity contribution in [2.75, 3.05) is 23.9 Å². The summed E-state index contributed by atoms with van der Waals surface area (Å²) in [5.74, 6) is 1.94. The van der Waals surface area contributed by atoms with Crippen molar-refractivity contribution < 1.29 is 9.53 Å². The topological polar surface area (TPSA) is 67.3 Å². The van der Waals surface area contributed by atoms with Gasteiger partial charge in [-0.2, -0.15) is 0 Å². The molecule has 2 aromatic carbocycles. The molecule has 0 spiro atoms. The van der Waals surface area contributed by atoms with Gasteiger partial charge in [-0.15, -0.1) is 0 Å². The van der Waals surface area contributed by atoms with Gasteiger partial charge in [0.25, 0.3) is 0 Å². The summed E-state index contributed by atoms with van der Waals surface area (Å²) in [5.41, 5.74) is 3.88. The molecule has 1 aromatic heterocycles. The van der Waals surface area contributed by atoms with Crippen molar-refractivity contribution in [1.29, 1.82) is 0 Å². The van der Waals surface area contributed by atoms with E-state index in [1.807, 2.05) is 31.2 Å². The molecule has 6 nitrogen and oxygen atoms in total. The number of aromatic nitrogens is 2. The zero-order valence-electron chi connectivity index (χ0n) is 15.3. The lowest BCUT2D eigenvalue weighted by Gasteiger charge is -2.19. The van der Waals surface area contributed by atoms with E-state index in [-0.39, 0.29) is 5.97 Å². The number of para-hydroxylation sites is 1. The van der Waals surface area contributed by atoms with Crippen LogP contribution in [0.1, 0.15) is 21.7 Å². The first-order valence-corrected chi connectivity index (χ1v) is 8.80. The van der Waals surface area contributed by atoms with Crippen LogP contribution in [0.5, 0.6) is 0 Å². The third-order valence-electron chi connectivity index (χ3n) is 4.57. The van der Waals surface area contributed by atoms with Crippen LogP contribution in [-0.2, 0) is 11.2 Å². The molecule has 0 aliphatic carbocycles. The minimum atomic E-state index is -0.352. The molecule has 136 valence electrons. The quantitative estimate of drug-likeness (QED) is 0.709. The first kappa shape index (κ1) is 17.0.